The van der Waals surface area contributed by atoms with Crippen LogP contribution in [0.1, 0.15) is 55.4 Å². The minimum atomic E-state index is -2.15. The summed E-state index contributed by atoms with van der Waals surface area (Å²) in [7, 11) is -2.15. The molecule has 0 aromatic carbocycles. The standard InChI is InChI=1S/C24H46N2O6SSi/c1-22(2,3)31-21(27)25-15-16-18-19(30-24(7,8)29-18)17(26-11-13-33-14-12-26)20(28-16)32-34(9,10)23(4,5)6/h16-20H,11-15H2,1-10H3,(H,25,27)/t16-,17-,18+,19?,20?/m1/s1. The van der Waals surface area contributed by atoms with Gasteiger partial charge in [-0.05, 0) is 52.8 Å². The van der Waals surface area contributed by atoms with E-state index in [2.05, 4.69) is 44.1 Å². The van der Waals surface area contributed by atoms with Gasteiger partial charge in [-0.2, -0.15) is 11.8 Å². The fourth-order valence-electron chi connectivity index (χ4n) is 4.34. The first-order valence-corrected chi connectivity index (χ1v) is 16.5. The lowest BCUT2D eigenvalue weighted by atomic mass is 9.95. The predicted molar refractivity (Wildman–Crippen MR) is 138 cm³/mol. The Balaban J connectivity index is 1.87. The van der Waals surface area contributed by atoms with E-state index >= 15 is 0 Å². The molecular weight excluding hydrogens is 472 g/mol. The molecule has 3 heterocycles. The van der Waals surface area contributed by atoms with Gasteiger partial charge in [0.1, 0.15) is 23.9 Å². The first-order valence-electron chi connectivity index (χ1n) is 12.5. The maximum atomic E-state index is 12.4. The lowest BCUT2D eigenvalue weighted by Gasteiger charge is -2.50. The van der Waals surface area contributed by atoms with Crippen molar-refractivity contribution >= 4 is 26.2 Å². The van der Waals surface area contributed by atoms with Crippen molar-refractivity contribution in [1.82, 2.24) is 10.2 Å². The van der Waals surface area contributed by atoms with Crippen LogP contribution in [0.5, 0.6) is 0 Å². The van der Waals surface area contributed by atoms with Crippen LogP contribution in [0.3, 0.4) is 0 Å². The van der Waals surface area contributed by atoms with Gasteiger partial charge in [0.25, 0.3) is 0 Å². The van der Waals surface area contributed by atoms with E-state index in [0.717, 1.165) is 24.6 Å². The Labute approximate surface area is 211 Å². The number of alkyl carbamates (subject to hydrolysis) is 1. The molecule has 10 heteroatoms. The number of nitrogens with zero attached hydrogens (tertiary/aromatic N) is 1. The Morgan fingerprint density at radius 2 is 1.68 bits per heavy atom. The fraction of sp³-hybridized carbons (Fsp3) is 0.958. The van der Waals surface area contributed by atoms with Gasteiger partial charge in [-0.3, -0.25) is 4.90 Å². The average Bonchev–Trinajstić information content (AvgIpc) is 2.99. The van der Waals surface area contributed by atoms with Crippen molar-refractivity contribution in [3.63, 3.8) is 0 Å². The quantitative estimate of drug-likeness (QED) is 0.543. The monoisotopic (exact) mass is 518 g/mol. The van der Waals surface area contributed by atoms with Crippen molar-refractivity contribution in [3.8, 4) is 0 Å². The lowest BCUT2D eigenvalue weighted by molar-refractivity contribution is -0.234. The zero-order valence-corrected chi connectivity index (χ0v) is 24.5. The van der Waals surface area contributed by atoms with Gasteiger partial charge in [0, 0.05) is 31.1 Å². The number of carbonyl (C=O) groups excluding carboxylic acids is 1. The predicted octanol–water partition coefficient (Wildman–Crippen LogP) is 4.20. The van der Waals surface area contributed by atoms with Crippen molar-refractivity contribution in [2.24, 2.45) is 0 Å². The van der Waals surface area contributed by atoms with Crippen LogP contribution in [0.4, 0.5) is 4.79 Å². The van der Waals surface area contributed by atoms with E-state index in [4.69, 9.17) is 23.4 Å². The highest BCUT2D eigenvalue weighted by molar-refractivity contribution is 7.99. The SMILES string of the molecule is CC(C)(C)OC(=O)NC[C@H]1OC(O[Si](C)(C)C(C)(C)C)[C@H](N2CCSCC2)C2OC(C)(C)O[C@H]21. The van der Waals surface area contributed by atoms with E-state index in [1.807, 2.05) is 46.4 Å². The molecule has 198 valence electrons. The molecule has 34 heavy (non-hydrogen) atoms. The van der Waals surface area contributed by atoms with Crippen LogP contribution in [0.25, 0.3) is 0 Å². The van der Waals surface area contributed by atoms with Crippen LogP contribution in [0, 0.1) is 0 Å². The van der Waals surface area contributed by atoms with E-state index < -0.39 is 38.2 Å². The van der Waals surface area contributed by atoms with Crippen LogP contribution in [0.2, 0.25) is 18.1 Å². The maximum absolute atomic E-state index is 12.4. The van der Waals surface area contributed by atoms with Gasteiger partial charge in [0.15, 0.2) is 20.4 Å². The molecule has 3 fully saturated rings. The number of hydrogen-bond acceptors (Lipinski definition) is 8. The molecule has 3 saturated heterocycles. The number of carbonyl (C=O) groups is 1. The molecule has 5 atom stereocenters. The third-order valence-electron chi connectivity index (χ3n) is 6.99. The van der Waals surface area contributed by atoms with Gasteiger partial charge in [-0.1, -0.05) is 20.8 Å². The molecule has 2 unspecified atom stereocenters. The summed E-state index contributed by atoms with van der Waals surface area (Å²) in [5.41, 5.74) is -0.569. The molecule has 3 aliphatic rings. The average molecular weight is 519 g/mol. The van der Waals surface area contributed by atoms with E-state index in [1.54, 1.807) is 0 Å². The van der Waals surface area contributed by atoms with Crippen molar-refractivity contribution < 1.29 is 28.2 Å². The largest absolute Gasteiger partial charge is 0.444 e. The molecule has 0 spiro atoms. The topological polar surface area (TPSA) is 78.5 Å². The minimum absolute atomic E-state index is 0.0338. The van der Waals surface area contributed by atoms with Gasteiger partial charge in [0.2, 0.25) is 0 Å². The Kier molecular flexibility index (Phi) is 8.45. The molecule has 0 aliphatic carbocycles. The van der Waals surface area contributed by atoms with Crippen LogP contribution >= 0.6 is 11.8 Å². The number of amides is 1. The van der Waals surface area contributed by atoms with Crippen LogP contribution in [-0.4, -0.2) is 92.5 Å². The first kappa shape index (κ1) is 28.2. The van der Waals surface area contributed by atoms with Crippen LogP contribution in [0.15, 0.2) is 0 Å². The summed E-state index contributed by atoms with van der Waals surface area (Å²) < 4.78 is 31.8. The van der Waals surface area contributed by atoms with E-state index in [0.29, 0.717) is 0 Å². The van der Waals surface area contributed by atoms with Gasteiger partial charge < -0.3 is 28.7 Å². The highest BCUT2D eigenvalue weighted by atomic mass is 32.2. The highest BCUT2D eigenvalue weighted by Gasteiger charge is 2.58. The lowest BCUT2D eigenvalue weighted by Crippen LogP contribution is -2.67. The molecule has 8 nitrogen and oxygen atoms in total. The molecular formula is C24H46N2O6SSi. The molecule has 0 aromatic rings. The minimum Gasteiger partial charge on any atom is -0.444 e. The maximum Gasteiger partial charge on any atom is 0.407 e. The number of rotatable bonds is 5. The molecule has 0 bridgehead atoms. The molecule has 0 aromatic heterocycles. The summed E-state index contributed by atoms with van der Waals surface area (Å²) in [6, 6.07) is -0.0698. The molecule has 3 aliphatic heterocycles. The summed E-state index contributed by atoms with van der Waals surface area (Å²) >= 11 is 1.97. The van der Waals surface area contributed by atoms with E-state index in [9.17, 15) is 4.79 Å². The summed E-state index contributed by atoms with van der Waals surface area (Å²) in [6.07, 6.45) is -1.88. The summed E-state index contributed by atoms with van der Waals surface area (Å²) in [5.74, 6) is 1.42. The first-order chi connectivity index (χ1) is 15.5. The molecule has 1 N–H and O–H groups in total. The zero-order valence-electron chi connectivity index (χ0n) is 22.7. The van der Waals surface area contributed by atoms with Crippen molar-refractivity contribution in [1.29, 1.82) is 0 Å². The highest BCUT2D eigenvalue weighted by Crippen LogP contribution is 2.43. The molecule has 0 saturated carbocycles. The van der Waals surface area contributed by atoms with Gasteiger partial charge in [0.05, 0.1) is 6.04 Å². The number of hydrogen-bond donors (Lipinski definition) is 1. The van der Waals surface area contributed by atoms with Crippen LogP contribution in [-0.2, 0) is 23.4 Å². The second-order valence-electron chi connectivity index (χ2n) is 12.5. The Hall–Kier alpha value is -0.363. The van der Waals surface area contributed by atoms with Gasteiger partial charge >= 0.3 is 6.09 Å². The Bertz CT molecular complexity index is 717. The molecule has 3 rings (SSSR count). The Morgan fingerprint density at radius 1 is 1.09 bits per heavy atom. The van der Waals surface area contributed by atoms with Gasteiger partial charge in [-0.25, -0.2) is 4.79 Å². The number of ether oxygens (including phenoxy) is 4. The second kappa shape index (κ2) is 10.2. The molecule has 0 radical (unpaired) electrons. The third kappa shape index (κ3) is 6.89. The zero-order chi connectivity index (χ0) is 25.5. The van der Waals surface area contributed by atoms with E-state index in [1.165, 1.54) is 0 Å². The molecule has 1 amide bonds. The van der Waals surface area contributed by atoms with Gasteiger partial charge in [-0.15, -0.1) is 0 Å². The number of thioether (sulfide) groups is 1. The fourth-order valence-corrected chi connectivity index (χ4v) is 6.40. The van der Waals surface area contributed by atoms with Crippen molar-refractivity contribution in [2.75, 3.05) is 31.1 Å². The summed E-state index contributed by atoms with van der Waals surface area (Å²) in [6.45, 7) is 22.8. The van der Waals surface area contributed by atoms with Crippen molar-refractivity contribution in [2.45, 2.75) is 116 Å². The van der Waals surface area contributed by atoms with E-state index in [-0.39, 0.29) is 29.8 Å². The third-order valence-corrected chi connectivity index (χ3v) is 12.4. The van der Waals surface area contributed by atoms with Crippen LogP contribution < -0.4 is 5.32 Å². The summed E-state index contributed by atoms with van der Waals surface area (Å²) in [4.78, 5) is 14.8. The Morgan fingerprint density at radius 3 is 2.24 bits per heavy atom. The number of nitrogens with one attached hydrogen (secondary N) is 1. The summed E-state index contributed by atoms with van der Waals surface area (Å²) in [5, 5.41) is 2.91. The van der Waals surface area contributed by atoms with Crippen molar-refractivity contribution in [3.05, 3.63) is 0 Å². The number of fused-ring (bicyclic) bond motifs is 1. The second-order valence-corrected chi connectivity index (χ2v) is 18.5. The smallest absolute Gasteiger partial charge is 0.407 e. The normalized spacial score (nSPS) is 32.8.